The van der Waals surface area contributed by atoms with Gasteiger partial charge in [0.1, 0.15) is 11.9 Å². The van der Waals surface area contributed by atoms with Gasteiger partial charge in [-0.15, -0.1) is 5.10 Å². The second-order valence-corrected chi connectivity index (χ2v) is 9.13. The van der Waals surface area contributed by atoms with Crippen LogP contribution in [0.15, 0.2) is 52.8 Å². The number of allylic oxidation sites excluding steroid dienone is 2. The van der Waals surface area contributed by atoms with Crippen molar-refractivity contribution in [2.45, 2.75) is 39.2 Å². The third-order valence-electron chi connectivity index (χ3n) is 6.41. The van der Waals surface area contributed by atoms with Gasteiger partial charge in [-0.2, -0.15) is 0 Å². The zero-order chi connectivity index (χ0) is 24.7. The molecule has 35 heavy (non-hydrogen) atoms. The summed E-state index contributed by atoms with van der Waals surface area (Å²) < 4.78 is 27.8. The van der Waals surface area contributed by atoms with Gasteiger partial charge in [0.15, 0.2) is 11.6 Å². The first-order valence-corrected chi connectivity index (χ1v) is 11.7. The van der Waals surface area contributed by atoms with Gasteiger partial charge in [0, 0.05) is 47.6 Å². The second-order valence-electron chi connectivity index (χ2n) is 9.13. The molecule has 0 saturated heterocycles. The van der Waals surface area contributed by atoms with Crippen LogP contribution >= 0.6 is 0 Å². The lowest BCUT2D eigenvalue weighted by atomic mass is 9.96. The summed E-state index contributed by atoms with van der Waals surface area (Å²) in [5, 5.41) is 4.63. The highest BCUT2D eigenvalue weighted by Gasteiger charge is 2.26. The van der Waals surface area contributed by atoms with E-state index in [2.05, 4.69) is 10.1 Å². The van der Waals surface area contributed by atoms with Crippen LogP contribution in [0.1, 0.15) is 49.6 Å². The van der Waals surface area contributed by atoms with Gasteiger partial charge in [-0.3, -0.25) is 4.99 Å². The number of pyridine rings is 1. The number of aliphatic imine (C=N–C) groups is 1. The van der Waals surface area contributed by atoms with Crippen LogP contribution in [0.25, 0.3) is 5.69 Å². The first kappa shape index (κ1) is 22.9. The van der Waals surface area contributed by atoms with E-state index in [4.69, 9.17) is 25.9 Å². The van der Waals surface area contributed by atoms with Crippen molar-refractivity contribution in [2.24, 2.45) is 16.6 Å². The molecule has 8 nitrogen and oxygen atoms in total. The van der Waals surface area contributed by atoms with Crippen LogP contribution in [0.4, 0.5) is 10.2 Å². The largest absolute Gasteiger partial charge is 0.482 e. The van der Waals surface area contributed by atoms with Gasteiger partial charge >= 0.3 is 0 Å². The lowest BCUT2D eigenvalue weighted by molar-refractivity contribution is 0.226. The molecule has 1 aromatic carbocycles. The van der Waals surface area contributed by atoms with Gasteiger partial charge in [-0.25, -0.2) is 14.1 Å². The summed E-state index contributed by atoms with van der Waals surface area (Å²) in [6, 6.07) is 8.24. The molecule has 3 aromatic rings. The molecule has 1 aliphatic heterocycles. The summed E-state index contributed by atoms with van der Waals surface area (Å²) in [6.07, 6.45) is 3.95. The molecule has 4 N–H and O–H groups in total. The van der Waals surface area contributed by atoms with Gasteiger partial charge < -0.3 is 20.9 Å². The van der Waals surface area contributed by atoms with Crippen LogP contribution in [-0.4, -0.2) is 34.1 Å². The molecule has 0 amide bonds. The van der Waals surface area contributed by atoms with Crippen LogP contribution in [0.3, 0.4) is 0 Å². The molecule has 9 heteroatoms. The number of nitrogens with zero attached hydrogens (tertiary/aromatic N) is 4. The minimum absolute atomic E-state index is 0.244. The maximum Gasteiger partial charge on any atom is 0.233 e. The molecule has 1 fully saturated rings. The summed E-state index contributed by atoms with van der Waals surface area (Å²) in [6.45, 7) is 4.42. The van der Waals surface area contributed by atoms with Crippen molar-refractivity contribution in [2.75, 3.05) is 19.4 Å². The summed E-state index contributed by atoms with van der Waals surface area (Å²) in [5.74, 6) is 1.30. The molecule has 5 rings (SSSR count). The first-order valence-electron chi connectivity index (χ1n) is 11.7. The summed E-state index contributed by atoms with van der Waals surface area (Å²) >= 11 is 0. The van der Waals surface area contributed by atoms with Crippen molar-refractivity contribution >= 4 is 11.5 Å². The molecular weight excluding hydrogens is 447 g/mol. The third-order valence-corrected chi connectivity index (χ3v) is 6.41. The van der Waals surface area contributed by atoms with E-state index in [0.717, 1.165) is 22.5 Å². The van der Waals surface area contributed by atoms with Crippen molar-refractivity contribution in [3.05, 3.63) is 70.4 Å². The molecule has 1 aliphatic carbocycles. The van der Waals surface area contributed by atoms with Gasteiger partial charge in [-0.05, 0) is 56.9 Å². The van der Waals surface area contributed by atoms with E-state index < -0.39 is 6.10 Å². The summed E-state index contributed by atoms with van der Waals surface area (Å²) in [4.78, 5) is 9.37. The van der Waals surface area contributed by atoms with Crippen LogP contribution in [-0.2, 0) is 6.42 Å². The SMILES string of the molecule is COc1cc2n(n1)-c1ccc(F)cc1[C@@H](C)Oc1cc(cnc1N)C(=NCC1CC1)C(=C(C)N)C2. The molecule has 2 aliphatic rings. The number of halogens is 1. The Morgan fingerprint density at radius 1 is 1.29 bits per heavy atom. The molecule has 2 aromatic heterocycles. The minimum atomic E-state index is -0.541. The van der Waals surface area contributed by atoms with Crippen molar-refractivity contribution < 1.29 is 13.9 Å². The fraction of sp³-hybridized carbons (Fsp3) is 0.346. The van der Waals surface area contributed by atoms with Crippen molar-refractivity contribution in [3.63, 3.8) is 0 Å². The van der Waals surface area contributed by atoms with Crippen LogP contribution in [0.2, 0.25) is 0 Å². The molecule has 1 atom stereocenters. The Balaban J connectivity index is 1.76. The number of nitrogen functional groups attached to an aromatic ring is 1. The monoisotopic (exact) mass is 476 g/mol. The lowest BCUT2D eigenvalue weighted by Crippen LogP contribution is -2.19. The van der Waals surface area contributed by atoms with E-state index in [9.17, 15) is 4.39 Å². The van der Waals surface area contributed by atoms with E-state index in [-0.39, 0.29) is 11.6 Å². The zero-order valence-electron chi connectivity index (χ0n) is 20.1. The minimum Gasteiger partial charge on any atom is -0.482 e. The fourth-order valence-corrected chi connectivity index (χ4v) is 4.28. The van der Waals surface area contributed by atoms with E-state index in [1.54, 1.807) is 24.1 Å². The number of aromatic nitrogens is 3. The van der Waals surface area contributed by atoms with E-state index in [1.807, 2.05) is 26.0 Å². The lowest BCUT2D eigenvalue weighted by Gasteiger charge is -2.23. The number of nitrogens with two attached hydrogens (primary N) is 2. The van der Waals surface area contributed by atoms with Crippen molar-refractivity contribution in [3.8, 4) is 17.3 Å². The smallest absolute Gasteiger partial charge is 0.233 e. The number of anilines is 1. The highest BCUT2D eigenvalue weighted by molar-refractivity contribution is 6.13. The van der Waals surface area contributed by atoms with Gasteiger partial charge in [0.05, 0.1) is 24.2 Å². The van der Waals surface area contributed by atoms with E-state index >= 15 is 0 Å². The Hall–Kier alpha value is -3.88. The Kier molecular flexibility index (Phi) is 5.92. The molecular formula is C26H29FN6O2. The third kappa shape index (κ3) is 4.58. The normalized spacial score (nSPS) is 20.2. The highest BCUT2D eigenvalue weighted by atomic mass is 19.1. The molecule has 2 bridgehead atoms. The number of hydrogen-bond acceptors (Lipinski definition) is 7. The second kappa shape index (κ2) is 9.05. The summed E-state index contributed by atoms with van der Waals surface area (Å²) in [7, 11) is 1.56. The van der Waals surface area contributed by atoms with Crippen LogP contribution < -0.4 is 20.9 Å². The van der Waals surface area contributed by atoms with Crippen molar-refractivity contribution in [1.82, 2.24) is 14.8 Å². The van der Waals surface area contributed by atoms with E-state index in [0.29, 0.717) is 47.5 Å². The zero-order valence-corrected chi connectivity index (χ0v) is 20.1. The quantitative estimate of drug-likeness (QED) is 0.588. The Morgan fingerprint density at radius 3 is 2.80 bits per heavy atom. The predicted octanol–water partition coefficient (Wildman–Crippen LogP) is 4.13. The Bertz CT molecular complexity index is 1340. The number of hydrogen-bond donors (Lipinski definition) is 2. The average molecular weight is 477 g/mol. The first-order chi connectivity index (χ1) is 16.8. The molecule has 3 heterocycles. The Labute approximate surface area is 203 Å². The average Bonchev–Trinajstić information content (AvgIpc) is 3.57. The van der Waals surface area contributed by atoms with Gasteiger partial charge in [-0.1, -0.05) is 0 Å². The number of rotatable bonds is 3. The van der Waals surface area contributed by atoms with Crippen molar-refractivity contribution in [1.29, 1.82) is 0 Å². The predicted molar refractivity (Wildman–Crippen MR) is 132 cm³/mol. The van der Waals surface area contributed by atoms with Crippen LogP contribution in [0, 0.1) is 11.7 Å². The number of benzene rings is 1. The number of ether oxygens (including phenoxy) is 2. The standard InChI is InChI=1S/C26H29FN6O2/c1-14(28)20-10-19-11-24(34-3)32-33(19)22-7-6-18(27)9-21(22)15(2)35-23-8-17(13-31-26(23)29)25(20)30-12-16-4-5-16/h6-9,11,13,15-16H,4-5,10,12,28H2,1-3H3,(H2,29,31)/t15-/m1/s1. The highest BCUT2D eigenvalue weighted by Crippen LogP contribution is 2.34. The molecule has 182 valence electrons. The maximum absolute atomic E-state index is 14.4. The number of fused-ring (bicyclic) bond motifs is 5. The summed E-state index contributed by atoms with van der Waals surface area (Å²) in [5.41, 5.74) is 17.7. The molecule has 0 unspecified atom stereocenters. The van der Waals surface area contributed by atoms with Crippen LogP contribution in [0.5, 0.6) is 11.6 Å². The number of methoxy groups -OCH3 is 1. The molecule has 0 radical (unpaired) electrons. The van der Waals surface area contributed by atoms with Gasteiger partial charge in [0.25, 0.3) is 0 Å². The topological polar surface area (TPSA) is 114 Å². The van der Waals surface area contributed by atoms with Gasteiger partial charge in [0.2, 0.25) is 5.88 Å². The molecule has 0 spiro atoms. The van der Waals surface area contributed by atoms with E-state index in [1.165, 1.54) is 25.0 Å². The maximum atomic E-state index is 14.4. The Morgan fingerprint density at radius 2 is 2.09 bits per heavy atom. The fourth-order valence-electron chi connectivity index (χ4n) is 4.28. The molecule has 1 saturated carbocycles.